The van der Waals surface area contributed by atoms with Gasteiger partial charge in [-0.05, 0) is 25.7 Å². The number of hydrogen-bond acceptors (Lipinski definition) is 7. The predicted molar refractivity (Wildman–Crippen MR) is 81.3 cm³/mol. The fraction of sp³-hybridized carbons (Fsp3) is 0.600. The third-order valence-corrected chi connectivity index (χ3v) is 4.31. The first-order valence-corrected chi connectivity index (χ1v) is 8.06. The SMILES string of the molecule is O=c1cc(N2CCCC2)cnn1Cc1noc([C@H]2CCCO2)n1. The van der Waals surface area contributed by atoms with Crippen molar-refractivity contribution in [3.63, 3.8) is 0 Å². The van der Waals surface area contributed by atoms with Crippen LogP contribution in [-0.2, 0) is 11.3 Å². The second-order valence-corrected chi connectivity index (χ2v) is 5.95. The van der Waals surface area contributed by atoms with Gasteiger partial charge in [-0.25, -0.2) is 4.68 Å². The molecule has 0 aliphatic carbocycles. The summed E-state index contributed by atoms with van der Waals surface area (Å²) in [7, 11) is 0. The van der Waals surface area contributed by atoms with Crippen LogP contribution in [0.3, 0.4) is 0 Å². The number of hydrogen-bond donors (Lipinski definition) is 0. The van der Waals surface area contributed by atoms with Gasteiger partial charge < -0.3 is 14.2 Å². The zero-order valence-electron chi connectivity index (χ0n) is 12.8. The Morgan fingerprint density at radius 3 is 2.87 bits per heavy atom. The van der Waals surface area contributed by atoms with Gasteiger partial charge in [0.05, 0.1) is 11.9 Å². The van der Waals surface area contributed by atoms with Crippen molar-refractivity contribution < 1.29 is 9.26 Å². The van der Waals surface area contributed by atoms with Gasteiger partial charge in [0, 0.05) is 25.8 Å². The Kier molecular flexibility index (Phi) is 3.82. The summed E-state index contributed by atoms with van der Waals surface area (Å²) in [5.41, 5.74) is 0.731. The molecule has 2 saturated heterocycles. The van der Waals surface area contributed by atoms with Crippen molar-refractivity contribution >= 4 is 5.69 Å². The van der Waals surface area contributed by atoms with Crippen molar-refractivity contribution in [1.82, 2.24) is 19.9 Å². The van der Waals surface area contributed by atoms with Crippen LogP contribution in [0.4, 0.5) is 5.69 Å². The quantitative estimate of drug-likeness (QED) is 0.835. The molecule has 23 heavy (non-hydrogen) atoms. The van der Waals surface area contributed by atoms with Crippen molar-refractivity contribution in [3.05, 3.63) is 34.3 Å². The summed E-state index contributed by atoms with van der Waals surface area (Å²) in [5.74, 6) is 0.929. The number of nitrogens with zero attached hydrogens (tertiary/aromatic N) is 5. The number of rotatable bonds is 4. The van der Waals surface area contributed by atoms with E-state index in [0.29, 0.717) is 11.7 Å². The molecule has 2 aromatic rings. The Morgan fingerprint density at radius 2 is 2.13 bits per heavy atom. The smallest absolute Gasteiger partial charge is 0.269 e. The fourth-order valence-electron chi connectivity index (χ4n) is 3.06. The Labute approximate surface area is 133 Å². The summed E-state index contributed by atoms with van der Waals surface area (Å²) in [6.45, 7) is 2.90. The van der Waals surface area contributed by atoms with Gasteiger partial charge in [0.25, 0.3) is 11.4 Å². The molecule has 0 bridgehead atoms. The lowest BCUT2D eigenvalue weighted by molar-refractivity contribution is 0.0835. The molecule has 0 spiro atoms. The minimum Gasteiger partial charge on any atom is -0.370 e. The van der Waals surface area contributed by atoms with E-state index in [1.165, 1.54) is 4.68 Å². The van der Waals surface area contributed by atoms with Crippen LogP contribution >= 0.6 is 0 Å². The van der Waals surface area contributed by atoms with E-state index >= 15 is 0 Å². The van der Waals surface area contributed by atoms with Crippen molar-refractivity contribution in [3.8, 4) is 0 Å². The first-order chi connectivity index (χ1) is 11.3. The first-order valence-electron chi connectivity index (χ1n) is 8.06. The fourth-order valence-corrected chi connectivity index (χ4v) is 3.06. The second kappa shape index (κ2) is 6.11. The number of ether oxygens (including phenoxy) is 1. The van der Waals surface area contributed by atoms with Crippen LogP contribution in [0, 0.1) is 0 Å². The molecule has 0 N–H and O–H groups in total. The van der Waals surface area contributed by atoms with E-state index in [4.69, 9.17) is 9.26 Å². The average Bonchev–Trinajstić information content (AvgIpc) is 3.31. The summed E-state index contributed by atoms with van der Waals surface area (Å²) >= 11 is 0. The van der Waals surface area contributed by atoms with E-state index in [9.17, 15) is 4.79 Å². The van der Waals surface area contributed by atoms with Crippen LogP contribution in [0.1, 0.15) is 43.5 Å². The Morgan fingerprint density at radius 1 is 1.26 bits per heavy atom. The summed E-state index contributed by atoms with van der Waals surface area (Å²) in [4.78, 5) is 18.7. The molecule has 0 unspecified atom stereocenters. The van der Waals surface area contributed by atoms with Gasteiger partial charge in [-0.2, -0.15) is 10.1 Å². The van der Waals surface area contributed by atoms with E-state index in [2.05, 4.69) is 20.1 Å². The van der Waals surface area contributed by atoms with E-state index < -0.39 is 0 Å². The normalized spacial score (nSPS) is 21.2. The summed E-state index contributed by atoms with van der Waals surface area (Å²) in [6, 6.07) is 1.62. The second-order valence-electron chi connectivity index (χ2n) is 5.95. The lowest BCUT2D eigenvalue weighted by atomic mass is 10.2. The molecule has 0 aromatic carbocycles. The molecule has 2 aromatic heterocycles. The van der Waals surface area contributed by atoms with Crippen molar-refractivity contribution in [2.45, 2.75) is 38.3 Å². The molecule has 4 rings (SSSR count). The molecule has 1 atom stereocenters. The van der Waals surface area contributed by atoms with Crippen molar-refractivity contribution in [2.75, 3.05) is 24.6 Å². The van der Waals surface area contributed by atoms with Gasteiger partial charge in [-0.3, -0.25) is 4.79 Å². The predicted octanol–water partition coefficient (Wildman–Crippen LogP) is 1.13. The van der Waals surface area contributed by atoms with Gasteiger partial charge >= 0.3 is 0 Å². The van der Waals surface area contributed by atoms with Crippen LogP contribution in [0.25, 0.3) is 0 Å². The molecular weight excluding hydrogens is 298 g/mol. The first kappa shape index (κ1) is 14.4. The molecule has 2 fully saturated rings. The molecule has 0 saturated carbocycles. The molecule has 0 amide bonds. The molecule has 2 aliphatic rings. The van der Waals surface area contributed by atoms with Crippen LogP contribution in [0.15, 0.2) is 21.6 Å². The maximum Gasteiger partial charge on any atom is 0.269 e. The highest BCUT2D eigenvalue weighted by Gasteiger charge is 2.24. The molecule has 2 aliphatic heterocycles. The number of aromatic nitrogens is 4. The van der Waals surface area contributed by atoms with Crippen LogP contribution in [0.2, 0.25) is 0 Å². The molecule has 8 heteroatoms. The maximum atomic E-state index is 12.2. The lowest BCUT2D eigenvalue weighted by Gasteiger charge is -2.16. The van der Waals surface area contributed by atoms with Crippen LogP contribution < -0.4 is 10.5 Å². The lowest BCUT2D eigenvalue weighted by Crippen LogP contribution is -2.26. The third-order valence-electron chi connectivity index (χ3n) is 4.31. The highest BCUT2D eigenvalue weighted by molar-refractivity contribution is 5.43. The maximum absolute atomic E-state index is 12.2. The molecule has 8 nitrogen and oxygen atoms in total. The third kappa shape index (κ3) is 2.98. The van der Waals surface area contributed by atoms with E-state index in [1.807, 2.05) is 0 Å². The van der Waals surface area contributed by atoms with Gasteiger partial charge in [-0.1, -0.05) is 5.16 Å². The largest absolute Gasteiger partial charge is 0.370 e. The standard InChI is InChI=1S/C15H19N5O3/c21-14-8-11(19-5-1-2-6-19)9-16-20(14)10-13-17-15(23-18-13)12-4-3-7-22-12/h8-9,12H,1-7,10H2/t12-/m1/s1. The minimum atomic E-state index is -0.155. The van der Waals surface area contributed by atoms with Crippen molar-refractivity contribution in [1.29, 1.82) is 0 Å². The highest BCUT2D eigenvalue weighted by Crippen LogP contribution is 2.26. The zero-order valence-corrected chi connectivity index (χ0v) is 12.8. The topological polar surface area (TPSA) is 86.3 Å². The molecule has 122 valence electrons. The highest BCUT2D eigenvalue weighted by atomic mass is 16.5. The monoisotopic (exact) mass is 317 g/mol. The van der Waals surface area contributed by atoms with Crippen LogP contribution in [-0.4, -0.2) is 39.6 Å². The number of anilines is 1. The van der Waals surface area contributed by atoms with Crippen LogP contribution in [0.5, 0.6) is 0 Å². The van der Waals surface area contributed by atoms with Gasteiger partial charge in [0.1, 0.15) is 12.6 Å². The Balaban J connectivity index is 1.49. The Hall–Kier alpha value is -2.22. The average molecular weight is 317 g/mol. The van der Waals surface area contributed by atoms with Gasteiger partial charge in [-0.15, -0.1) is 0 Å². The molecule has 0 radical (unpaired) electrons. The zero-order chi connectivity index (χ0) is 15.6. The summed E-state index contributed by atoms with van der Waals surface area (Å²) in [5, 5.41) is 8.16. The summed E-state index contributed by atoms with van der Waals surface area (Å²) in [6.07, 6.45) is 5.84. The van der Waals surface area contributed by atoms with E-state index in [1.54, 1.807) is 12.3 Å². The van der Waals surface area contributed by atoms with Gasteiger partial charge in [0.2, 0.25) is 0 Å². The Bertz CT molecular complexity index is 729. The van der Waals surface area contributed by atoms with E-state index in [-0.39, 0.29) is 18.2 Å². The molecule has 4 heterocycles. The molecular formula is C15H19N5O3. The van der Waals surface area contributed by atoms with Gasteiger partial charge in [0.15, 0.2) is 5.82 Å². The summed E-state index contributed by atoms with van der Waals surface area (Å²) < 4.78 is 12.1. The minimum absolute atomic E-state index is 0.113. The van der Waals surface area contributed by atoms with E-state index in [0.717, 1.165) is 51.1 Å². The van der Waals surface area contributed by atoms with Crippen molar-refractivity contribution in [2.24, 2.45) is 0 Å².